The van der Waals surface area contributed by atoms with Gasteiger partial charge in [-0.25, -0.2) is 13.1 Å². The first-order valence-corrected chi connectivity index (χ1v) is 8.96. The summed E-state index contributed by atoms with van der Waals surface area (Å²) in [4.78, 5) is 10.8. The predicted octanol–water partition coefficient (Wildman–Crippen LogP) is 0.0405. The van der Waals surface area contributed by atoms with Crippen molar-refractivity contribution in [3.05, 3.63) is 42.2 Å². The van der Waals surface area contributed by atoms with Crippen LogP contribution >= 0.6 is 0 Å². The summed E-state index contributed by atoms with van der Waals surface area (Å²) < 4.78 is 34.7. The van der Waals surface area contributed by atoms with Crippen molar-refractivity contribution in [2.45, 2.75) is 30.3 Å². The molecule has 1 aromatic heterocycles. The van der Waals surface area contributed by atoms with E-state index in [0.29, 0.717) is 25.1 Å². The van der Waals surface area contributed by atoms with Gasteiger partial charge in [0.15, 0.2) is 6.61 Å². The number of nitrogens with one attached hydrogen (secondary N) is 1. The number of hydrogen-bond donors (Lipinski definition) is 2. The quantitative estimate of drug-likeness (QED) is 0.763. The molecule has 9 heteroatoms. The number of sulfonamides is 1. The first kappa shape index (κ1) is 16.5. The topological polar surface area (TPSA) is 116 Å². The highest BCUT2D eigenvalue weighted by molar-refractivity contribution is 7.89. The van der Waals surface area contributed by atoms with Gasteiger partial charge >= 0.3 is 0 Å². The molecule has 0 fully saturated rings. The number of carbonyl (C=O) groups excluding carboxylic acids is 1. The number of amides is 1. The highest BCUT2D eigenvalue weighted by Gasteiger charge is 2.24. The van der Waals surface area contributed by atoms with Gasteiger partial charge < -0.3 is 10.5 Å². The van der Waals surface area contributed by atoms with E-state index in [-0.39, 0.29) is 17.5 Å². The Balaban J connectivity index is 1.66. The highest BCUT2D eigenvalue weighted by atomic mass is 32.2. The van der Waals surface area contributed by atoms with Crippen LogP contribution in [0.15, 0.2) is 41.4 Å². The summed E-state index contributed by atoms with van der Waals surface area (Å²) in [6.07, 6.45) is 3.02. The molecule has 128 valence electrons. The van der Waals surface area contributed by atoms with Gasteiger partial charge in [0.25, 0.3) is 5.91 Å². The Morgan fingerprint density at radius 3 is 2.79 bits per heavy atom. The molecule has 3 rings (SSSR count). The molecule has 8 nitrogen and oxygen atoms in total. The zero-order valence-corrected chi connectivity index (χ0v) is 13.7. The number of fused-ring (bicyclic) bond motifs is 1. The van der Waals surface area contributed by atoms with Crippen LogP contribution in [0.4, 0.5) is 0 Å². The average molecular weight is 350 g/mol. The zero-order valence-electron chi connectivity index (χ0n) is 12.9. The molecular formula is C15H18N4O4S. The summed E-state index contributed by atoms with van der Waals surface area (Å²) in [5.74, 6) is -0.209. The number of carbonyl (C=O) groups is 1. The fourth-order valence-electron chi connectivity index (χ4n) is 2.62. The molecule has 1 amide bonds. The van der Waals surface area contributed by atoms with Crippen molar-refractivity contribution in [3.8, 4) is 5.75 Å². The normalized spacial score (nSPS) is 17.2. The molecule has 24 heavy (non-hydrogen) atoms. The number of aryl methyl sites for hydroxylation is 1. The van der Waals surface area contributed by atoms with Gasteiger partial charge in [-0.1, -0.05) is 0 Å². The van der Waals surface area contributed by atoms with Crippen molar-refractivity contribution < 1.29 is 17.9 Å². The summed E-state index contributed by atoms with van der Waals surface area (Å²) in [6, 6.07) is 7.59. The second kappa shape index (κ2) is 6.62. The SMILES string of the molecule is NC(=O)COc1ccc(S(=O)(=O)NC2CCn3nccc3C2)cc1. The summed E-state index contributed by atoms with van der Waals surface area (Å²) in [7, 11) is -3.62. The van der Waals surface area contributed by atoms with E-state index in [1.165, 1.54) is 24.3 Å². The van der Waals surface area contributed by atoms with Gasteiger partial charge in [-0.05, 0) is 36.8 Å². The van der Waals surface area contributed by atoms with Gasteiger partial charge in [0.05, 0.1) is 4.90 Å². The second-order valence-electron chi connectivity index (χ2n) is 5.58. The summed E-state index contributed by atoms with van der Waals surface area (Å²) in [5.41, 5.74) is 6.01. The van der Waals surface area contributed by atoms with Crippen LogP contribution in [0.1, 0.15) is 12.1 Å². The van der Waals surface area contributed by atoms with Crippen LogP contribution in [0.5, 0.6) is 5.75 Å². The third kappa shape index (κ3) is 3.74. The fourth-order valence-corrected chi connectivity index (χ4v) is 3.90. The number of nitrogens with two attached hydrogens (primary N) is 1. The van der Waals surface area contributed by atoms with E-state index in [4.69, 9.17) is 10.5 Å². The third-order valence-electron chi connectivity index (χ3n) is 3.79. The smallest absolute Gasteiger partial charge is 0.255 e. The van der Waals surface area contributed by atoms with Gasteiger partial charge in [0.1, 0.15) is 5.75 Å². The lowest BCUT2D eigenvalue weighted by molar-refractivity contribution is -0.119. The number of benzene rings is 1. The minimum atomic E-state index is -3.62. The van der Waals surface area contributed by atoms with Gasteiger partial charge in [-0.15, -0.1) is 0 Å². The van der Waals surface area contributed by atoms with Crippen molar-refractivity contribution >= 4 is 15.9 Å². The lowest BCUT2D eigenvalue weighted by Gasteiger charge is -2.24. The number of ether oxygens (including phenoxy) is 1. The van der Waals surface area contributed by atoms with Crippen molar-refractivity contribution in [1.29, 1.82) is 0 Å². The standard InChI is InChI=1S/C15H18N4O4S/c16-15(20)10-23-13-1-3-14(4-2-13)24(21,22)18-11-6-8-19-12(9-11)5-7-17-19/h1-5,7,11,18H,6,8-10H2,(H2,16,20). The molecule has 1 aromatic carbocycles. The van der Waals surface area contributed by atoms with Crippen LogP contribution in [-0.4, -0.2) is 36.8 Å². The Morgan fingerprint density at radius 1 is 1.33 bits per heavy atom. The molecule has 1 aliphatic heterocycles. The third-order valence-corrected chi connectivity index (χ3v) is 5.32. The molecular weight excluding hydrogens is 332 g/mol. The molecule has 3 N–H and O–H groups in total. The molecule has 0 aliphatic carbocycles. The van der Waals surface area contributed by atoms with E-state index in [1.54, 1.807) is 6.20 Å². The van der Waals surface area contributed by atoms with Gasteiger partial charge in [-0.2, -0.15) is 5.10 Å². The van der Waals surface area contributed by atoms with E-state index in [1.807, 2.05) is 10.7 Å². The van der Waals surface area contributed by atoms with Crippen LogP contribution in [0.2, 0.25) is 0 Å². The predicted molar refractivity (Wildman–Crippen MR) is 85.8 cm³/mol. The molecule has 0 bridgehead atoms. The van der Waals surface area contributed by atoms with Crippen LogP contribution in [0, 0.1) is 0 Å². The zero-order chi connectivity index (χ0) is 17.2. The van der Waals surface area contributed by atoms with Gasteiger partial charge in [0.2, 0.25) is 10.0 Å². The Kier molecular flexibility index (Phi) is 4.54. The van der Waals surface area contributed by atoms with Gasteiger partial charge in [-0.3, -0.25) is 9.48 Å². The molecule has 2 aromatic rings. The van der Waals surface area contributed by atoms with E-state index < -0.39 is 15.9 Å². The second-order valence-corrected chi connectivity index (χ2v) is 7.30. The molecule has 1 unspecified atom stereocenters. The van der Waals surface area contributed by atoms with Crippen LogP contribution in [0.25, 0.3) is 0 Å². The van der Waals surface area contributed by atoms with Crippen molar-refractivity contribution in [2.24, 2.45) is 5.73 Å². The highest BCUT2D eigenvalue weighted by Crippen LogP contribution is 2.19. The number of rotatable bonds is 6. The largest absolute Gasteiger partial charge is 0.484 e. The van der Waals surface area contributed by atoms with Crippen LogP contribution in [-0.2, 0) is 27.8 Å². The van der Waals surface area contributed by atoms with Crippen molar-refractivity contribution in [2.75, 3.05) is 6.61 Å². The Labute approximate surface area is 139 Å². The minimum absolute atomic E-state index is 0.146. The van der Waals surface area contributed by atoms with E-state index in [0.717, 1.165) is 5.69 Å². The van der Waals surface area contributed by atoms with E-state index in [2.05, 4.69) is 9.82 Å². The Hall–Kier alpha value is -2.39. The molecule has 1 aliphatic rings. The monoisotopic (exact) mass is 350 g/mol. The summed E-state index contributed by atoms with van der Waals surface area (Å²) in [5, 5.41) is 4.18. The molecule has 0 saturated heterocycles. The summed E-state index contributed by atoms with van der Waals surface area (Å²) in [6.45, 7) is 0.440. The van der Waals surface area contributed by atoms with Gasteiger partial charge in [0, 0.05) is 30.9 Å². The number of hydrogen-bond acceptors (Lipinski definition) is 5. The van der Waals surface area contributed by atoms with E-state index >= 15 is 0 Å². The Morgan fingerprint density at radius 2 is 2.08 bits per heavy atom. The molecule has 0 saturated carbocycles. The Bertz CT molecular complexity index is 829. The first-order chi connectivity index (χ1) is 11.4. The minimum Gasteiger partial charge on any atom is -0.484 e. The number of nitrogens with zero attached hydrogens (tertiary/aromatic N) is 2. The van der Waals surface area contributed by atoms with Crippen LogP contribution < -0.4 is 15.2 Å². The maximum absolute atomic E-state index is 12.5. The lowest BCUT2D eigenvalue weighted by atomic mass is 10.1. The maximum Gasteiger partial charge on any atom is 0.255 e. The average Bonchev–Trinajstić information content (AvgIpc) is 3.00. The van der Waals surface area contributed by atoms with Crippen molar-refractivity contribution in [3.63, 3.8) is 0 Å². The molecule has 2 heterocycles. The lowest BCUT2D eigenvalue weighted by Crippen LogP contribution is -2.40. The maximum atomic E-state index is 12.5. The molecule has 1 atom stereocenters. The van der Waals surface area contributed by atoms with E-state index in [9.17, 15) is 13.2 Å². The fraction of sp³-hybridized carbons (Fsp3) is 0.333. The number of primary amides is 1. The molecule has 0 spiro atoms. The number of aromatic nitrogens is 2. The summed E-state index contributed by atoms with van der Waals surface area (Å²) >= 11 is 0. The van der Waals surface area contributed by atoms with Crippen molar-refractivity contribution in [1.82, 2.24) is 14.5 Å². The molecule has 0 radical (unpaired) electrons. The first-order valence-electron chi connectivity index (χ1n) is 7.48. The van der Waals surface area contributed by atoms with Crippen LogP contribution in [0.3, 0.4) is 0 Å².